The van der Waals surface area contributed by atoms with E-state index >= 15 is 0 Å². The van der Waals surface area contributed by atoms with Crippen molar-refractivity contribution < 1.29 is 14.3 Å². The number of carbonyl (C=O) groups is 2. The van der Waals surface area contributed by atoms with Crippen LogP contribution in [-0.4, -0.2) is 37.1 Å². The molecule has 1 N–H and O–H groups in total. The van der Waals surface area contributed by atoms with Crippen LogP contribution in [0.5, 0.6) is 0 Å². The maximum atomic E-state index is 12.4. The zero-order valence-electron chi connectivity index (χ0n) is 12.7. The van der Waals surface area contributed by atoms with Crippen molar-refractivity contribution in [2.45, 2.75) is 32.7 Å². The number of rotatable bonds is 4. The third kappa shape index (κ3) is 3.37. The van der Waals surface area contributed by atoms with Crippen LogP contribution in [0.25, 0.3) is 0 Å². The van der Waals surface area contributed by atoms with Crippen molar-refractivity contribution in [3.05, 3.63) is 22.4 Å². The van der Waals surface area contributed by atoms with Crippen LogP contribution in [0.1, 0.15) is 37.6 Å². The van der Waals surface area contributed by atoms with Gasteiger partial charge in [0, 0.05) is 18.0 Å². The zero-order chi connectivity index (χ0) is 15.5. The Bertz CT molecular complexity index is 503. The number of nitrogens with zero attached hydrogens (tertiary/aromatic N) is 1. The fourth-order valence-electron chi connectivity index (χ4n) is 2.65. The number of likely N-dealkylation sites (tertiary alicyclic amines) is 1. The number of urea groups is 1. The molecule has 6 heteroatoms. The Balaban J connectivity index is 1.97. The highest BCUT2D eigenvalue weighted by molar-refractivity contribution is 7.10. The van der Waals surface area contributed by atoms with E-state index in [-0.39, 0.29) is 18.0 Å². The molecule has 1 aromatic rings. The van der Waals surface area contributed by atoms with E-state index in [1.807, 2.05) is 31.4 Å². The average Bonchev–Trinajstić information content (AvgIpc) is 3.14. The number of hydrogen-bond donors (Lipinski definition) is 1. The van der Waals surface area contributed by atoms with Crippen molar-refractivity contribution in [3.63, 3.8) is 0 Å². The van der Waals surface area contributed by atoms with Gasteiger partial charge in [0.1, 0.15) is 0 Å². The maximum Gasteiger partial charge on any atom is 0.317 e. The van der Waals surface area contributed by atoms with Crippen molar-refractivity contribution in [2.75, 3.05) is 20.2 Å². The van der Waals surface area contributed by atoms with Crippen LogP contribution in [0.15, 0.2) is 17.5 Å². The smallest absolute Gasteiger partial charge is 0.317 e. The molecule has 0 saturated carbocycles. The molecule has 116 valence electrons. The first-order chi connectivity index (χ1) is 10.00. The van der Waals surface area contributed by atoms with Gasteiger partial charge in [0.05, 0.1) is 18.6 Å². The van der Waals surface area contributed by atoms with Gasteiger partial charge >= 0.3 is 12.0 Å². The quantitative estimate of drug-likeness (QED) is 0.870. The number of thiophene rings is 1. The molecule has 0 bridgehead atoms. The molecule has 0 aromatic carbocycles. The monoisotopic (exact) mass is 310 g/mol. The first-order valence-corrected chi connectivity index (χ1v) is 8.05. The maximum absolute atomic E-state index is 12.4. The molecule has 2 amide bonds. The molecule has 1 aliphatic heterocycles. The standard InChI is InChI=1S/C15H22N2O3S/c1-4-11(12-6-5-9-21-12)16-14(19)17-8-7-15(2,10-17)13(18)20-3/h5-6,9,11H,4,7-8,10H2,1-3H3,(H,16,19)/t11-,15+/m0/s1. The highest BCUT2D eigenvalue weighted by Crippen LogP contribution is 2.31. The number of hydrogen-bond acceptors (Lipinski definition) is 4. The first kappa shape index (κ1) is 15.8. The van der Waals surface area contributed by atoms with Crippen LogP contribution in [-0.2, 0) is 9.53 Å². The molecule has 2 heterocycles. The van der Waals surface area contributed by atoms with Gasteiger partial charge in [-0.15, -0.1) is 11.3 Å². The Morgan fingerprint density at radius 3 is 2.90 bits per heavy atom. The summed E-state index contributed by atoms with van der Waals surface area (Å²) < 4.78 is 4.83. The van der Waals surface area contributed by atoms with E-state index in [1.54, 1.807) is 16.2 Å². The molecular weight excluding hydrogens is 288 g/mol. The fraction of sp³-hybridized carbons (Fsp3) is 0.600. The second-order valence-electron chi connectivity index (χ2n) is 5.65. The van der Waals surface area contributed by atoms with Crippen LogP contribution in [0.4, 0.5) is 4.79 Å². The summed E-state index contributed by atoms with van der Waals surface area (Å²) in [5, 5.41) is 5.06. The summed E-state index contributed by atoms with van der Waals surface area (Å²) >= 11 is 1.64. The lowest BCUT2D eigenvalue weighted by Gasteiger charge is -2.24. The molecule has 1 fully saturated rings. The van der Waals surface area contributed by atoms with Gasteiger partial charge in [-0.25, -0.2) is 4.79 Å². The first-order valence-electron chi connectivity index (χ1n) is 7.17. The minimum atomic E-state index is -0.587. The van der Waals surface area contributed by atoms with Crippen LogP contribution >= 0.6 is 11.3 Å². The number of nitrogens with one attached hydrogen (secondary N) is 1. The SMILES string of the molecule is CC[C@H](NC(=O)N1CC[C@@](C)(C(=O)OC)C1)c1cccs1. The van der Waals surface area contributed by atoms with Gasteiger partial charge in [-0.05, 0) is 31.2 Å². The summed E-state index contributed by atoms with van der Waals surface area (Å²) in [5.41, 5.74) is -0.587. The van der Waals surface area contributed by atoms with E-state index < -0.39 is 5.41 Å². The molecule has 1 aromatic heterocycles. The number of ether oxygens (including phenoxy) is 1. The predicted molar refractivity (Wildman–Crippen MR) is 82.2 cm³/mol. The molecule has 5 nitrogen and oxygen atoms in total. The third-order valence-electron chi connectivity index (χ3n) is 4.03. The molecule has 1 saturated heterocycles. The summed E-state index contributed by atoms with van der Waals surface area (Å²) in [6, 6.07) is 3.94. The van der Waals surface area contributed by atoms with E-state index in [1.165, 1.54) is 7.11 Å². The summed E-state index contributed by atoms with van der Waals surface area (Å²) in [4.78, 5) is 27.0. The molecule has 1 aliphatic rings. The highest BCUT2D eigenvalue weighted by Gasteiger charge is 2.43. The topological polar surface area (TPSA) is 58.6 Å². The zero-order valence-corrected chi connectivity index (χ0v) is 13.5. The van der Waals surface area contributed by atoms with E-state index in [4.69, 9.17) is 4.74 Å². The van der Waals surface area contributed by atoms with Gasteiger partial charge in [0.15, 0.2) is 0 Å². The summed E-state index contributed by atoms with van der Waals surface area (Å²) in [6.45, 7) is 4.89. The number of amides is 2. The van der Waals surface area contributed by atoms with Crippen molar-refractivity contribution in [3.8, 4) is 0 Å². The summed E-state index contributed by atoms with van der Waals surface area (Å²) in [6.07, 6.45) is 1.48. The largest absolute Gasteiger partial charge is 0.469 e. The number of carbonyl (C=O) groups excluding carboxylic acids is 2. The Labute approximate surface area is 129 Å². The normalized spacial score (nSPS) is 22.9. The van der Waals surface area contributed by atoms with Gasteiger partial charge in [0.2, 0.25) is 0 Å². The predicted octanol–water partition coefficient (Wildman–Crippen LogP) is 2.79. The van der Waals surface area contributed by atoms with E-state index in [0.29, 0.717) is 19.5 Å². The summed E-state index contributed by atoms with van der Waals surface area (Å²) in [5.74, 6) is -0.247. The summed E-state index contributed by atoms with van der Waals surface area (Å²) in [7, 11) is 1.39. The van der Waals surface area contributed by atoms with Gasteiger partial charge in [-0.2, -0.15) is 0 Å². The number of methoxy groups -OCH3 is 1. The van der Waals surface area contributed by atoms with Gasteiger partial charge < -0.3 is 15.0 Å². The molecule has 0 aliphatic carbocycles. The minimum Gasteiger partial charge on any atom is -0.469 e. The third-order valence-corrected chi connectivity index (χ3v) is 5.02. The second kappa shape index (κ2) is 6.47. The van der Waals surface area contributed by atoms with E-state index in [9.17, 15) is 9.59 Å². The van der Waals surface area contributed by atoms with Gasteiger partial charge in [0.25, 0.3) is 0 Å². The van der Waals surface area contributed by atoms with Crippen LogP contribution in [0.2, 0.25) is 0 Å². The van der Waals surface area contributed by atoms with Gasteiger partial charge in [-0.1, -0.05) is 13.0 Å². The molecule has 21 heavy (non-hydrogen) atoms. The van der Waals surface area contributed by atoms with Crippen molar-refractivity contribution in [1.29, 1.82) is 0 Å². The Kier molecular flexibility index (Phi) is 4.88. The minimum absolute atomic E-state index is 0.0301. The lowest BCUT2D eigenvalue weighted by atomic mass is 9.90. The van der Waals surface area contributed by atoms with E-state index in [0.717, 1.165) is 11.3 Å². The molecule has 0 radical (unpaired) electrons. The van der Waals surface area contributed by atoms with Gasteiger partial charge in [-0.3, -0.25) is 4.79 Å². The number of esters is 1. The Morgan fingerprint density at radius 1 is 1.57 bits per heavy atom. The fourth-order valence-corrected chi connectivity index (χ4v) is 3.51. The Hall–Kier alpha value is -1.56. The molecule has 0 unspecified atom stereocenters. The van der Waals surface area contributed by atoms with Crippen molar-refractivity contribution in [2.24, 2.45) is 5.41 Å². The van der Waals surface area contributed by atoms with Crippen LogP contribution in [0, 0.1) is 5.41 Å². The highest BCUT2D eigenvalue weighted by atomic mass is 32.1. The van der Waals surface area contributed by atoms with Crippen LogP contribution < -0.4 is 5.32 Å². The van der Waals surface area contributed by atoms with E-state index in [2.05, 4.69) is 5.32 Å². The average molecular weight is 310 g/mol. The lowest BCUT2D eigenvalue weighted by molar-refractivity contribution is -0.150. The Morgan fingerprint density at radius 2 is 2.33 bits per heavy atom. The van der Waals surface area contributed by atoms with Crippen molar-refractivity contribution in [1.82, 2.24) is 10.2 Å². The second-order valence-corrected chi connectivity index (χ2v) is 6.63. The molecular formula is C15H22N2O3S. The lowest BCUT2D eigenvalue weighted by Crippen LogP contribution is -2.42. The molecule has 0 spiro atoms. The molecule has 2 atom stereocenters. The molecule has 2 rings (SSSR count). The van der Waals surface area contributed by atoms with Crippen molar-refractivity contribution >= 4 is 23.3 Å². The van der Waals surface area contributed by atoms with Crippen LogP contribution in [0.3, 0.4) is 0 Å².